The first-order valence-corrected chi connectivity index (χ1v) is 6.76. The van der Waals surface area contributed by atoms with Gasteiger partial charge in [0.1, 0.15) is 0 Å². The van der Waals surface area contributed by atoms with Crippen molar-refractivity contribution in [3.8, 4) is 0 Å². The molecule has 1 aliphatic carbocycles. The first-order chi connectivity index (χ1) is 8.69. The van der Waals surface area contributed by atoms with Crippen molar-refractivity contribution in [2.75, 3.05) is 18.0 Å². The van der Waals surface area contributed by atoms with E-state index in [9.17, 15) is 4.79 Å². The van der Waals surface area contributed by atoms with Gasteiger partial charge in [0, 0.05) is 12.2 Å². The van der Waals surface area contributed by atoms with E-state index in [1.807, 2.05) is 42.2 Å². The predicted molar refractivity (Wildman–Crippen MR) is 74.4 cm³/mol. The molecule has 1 aromatic rings. The highest BCUT2D eigenvalue weighted by atomic mass is 16.2. The largest absolute Gasteiger partial charge is 0.330 e. The number of carbonyl (C=O) groups excluding carboxylic acids is 1. The van der Waals surface area contributed by atoms with Gasteiger partial charge in [-0.05, 0) is 44.4 Å². The molecule has 2 atom stereocenters. The van der Waals surface area contributed by atoms with E-state index in [1.54, 1.807) is 0 Å². The van der Waals surface area contributed by atoms with Crippen molar-refractivity contribution < 1.29 is 4.79 Å². The second kappa shape index (κ2) is 5.11. The summed E-state index contributed by atoms with van der Waals surface area (Å²) >= 11 is 0. The van der Waals surface area contributed by atoms with Crippen LogP contribution in [0, 0.1) is 11.3 Å². The third-order valence-electron chi connectivity index (χ3n) is 4.20. The van der Waals surface area contributed by atoms with Gasteiger partial charge in [-0.15, -0.1) is 0 Å². The Bertz CT molecular complexity index is 418. The van der Waals surface area contributed by atoms with Gasteiger partial charge >= 0.3 is 0 Å². The predicted octanol–water partition coefficient (Wildman–Crippen LogP) is 2.41. The zero-order chi connectivity index (χ0) is 13.2. The average molecular weight is 246 g/mol. The number of nitrogens with two attached hydrogens (primary N) is 1. The van der Waals surface area contributed by atoms with Gasteiger partial charge in [0.25, 0.3) is 0 Å². The molecule has 0 heterocycles. The fourth-order valence-corrected chi connectivity index (χ4v) is 2.86. The lowest BCUT2D eigenvalue weighted by molar-refractivity contribution is -0.124. The lowest BCUT2D eigenvalue weighted by atomic mass is 9.97. The first kappa shape index (κ1) is 13.1. The van der Waals surface area contributed by atoms with E-state index in [-0.39, 0.29) is 11.3 Å². The van der Waals surface area contributed by atoms with Crippen LogP contribution in [0.5, 0.6) is 0 Å². The van der Waals surface area contributed by atoms with Gasteiger partial charge < -0.3 is 10.6 Å². The minimum absolute atomic E-state index is 0.194. The topological polar surface area (TPSA) is 46.3 Å². The molecule has 1 aliphatic rings. The fraction of sp³-hybridized carbons (Fsp3) is 0.533. The van der Waals surface area contributed by atoms with Gasteiger partial charge in [0.05, 0.1) is 5.41 Å². The van der Waals surface area contributed by atoms with Crippen molar-refractivity contribution in [3.63, 3.8) is 0 Å². The Kier molecular flexibility index (Phi) is 3.71. The van der Waals surface area contributed by atoms with Crippen LogP contribution in [0.25, 0.3) is 0 Å². The molecule has 0 aromatic heterocycles. The quantitative estimate of drug-likeness (QED) is 0.867. The lowest BCUT2D eigenvalue weighted by Crippen LogP contribution is -2.38. The van der Waals surface area contributed by atoms with Crippen molar-refractivity contribution in [1.29, 1.82) is 0 Å². The molecule has 0 spiro atoms. The molecule has 3 nitrogen and oxygen atoms in total. The molecule has 98 valence electrons. The standard InChI is InChI=1S/C15H22N2O/c1-3-15(10-12(15)11-16)14(18)17(4-2)13-8-6-5-7-9-13/h5-9,12H,3-4,10-11,16H2,1-2H3. The van der Waals surface area contributed by atoms with E-state index in [2.05, 4.69) is 6.92 Å². The van der Waals surface area contributed by atoms with Crippen LogP contribution in [0.4, 0.5) is 5.69 Å². The van der Waals surface area contributed by atoms with Crippen LogP contribution in [0.1, 0.15) is 26.7 Å². The molecule has 1 fully saturated rings. The van der Waals surface area contributed by atoms with Gasteiger partial charge in [-0.3, -0.25) is 4.79 Å². The van der Waals surface area contributed by atoms with Gasteiger partial charge in [-0.1, -0.05) is 25.1 Å². The third kappa shape index (κ3) is 2.03. The summed E-state index contributed by atoms with van der Waals surface area (Å²) in [6.45, 7) is 5.44. The van der Waals surface area contributed by atoms with Crippen LogP contribution in [-0.2, 0) is 4.79 Å². The van der Waals surface area contributed by atoms with E-state index in [0.29, 0.717) is 19.0 Å². The molecule has 2 N–H and O–H groups in total. The van der Waals surface area contributed by atoms with Gasteiger partial charge in [0.15, 0.2) is 0 Å². The normalized spacial score (nSPS) is 25.8. The first-order valence-electron chi connectivity index (χ1n) is 6.76. The molecule has 3 heteroatoms. The van der Waals surface area contributed by atoms with E-state index in [1.165, 1.54) is 0 Å². The highest BCUT2D eigenvalue weighted by molar-refractivity contribution is 5.99. The lowest BCUT2D eigenvalue weighted by Gasteiger charge is -2.26. The average Bonchev–Trinajstić information content (AvgIpc) is 3.16. The molecule has 0 aliphatic heterocycles. The van der Waals surface area contributed by atoms with Gasteiger partial charge in [-0.25, -0.2) is 0 Å². The highest BCUT2D eigenvalue weighted by Gasteiger charge is 2.58. The van der Waals surface area contributed by atoms with E-state index in [4.69, 9.17) is 5.73 Å². The minimum Gasteiger partial charge on any atom is -0.330 e. The Labute approximate surface area is 109 Å². The van der Waals surface area contributed by atoms with Crippen molar-refractivity contribution >= 4 is 11.6 Å². The molecular weight excluding hydrogens is 224 g/mol. The maximum absolute atomic E-state index is 12.7. The maximum atomic E-state index is 12.7. The number of para-hydroxylation sites is 1. The highest BCUT2D eigenvalue weighted by Crippen LogP contribution is 2.56. The summed E-state index contributed by atoms with van der Waals surface area (Å²) in [4.78, 5) is 14.6. The molecule has 0 radical (unpaired) electrons. The van der Waals surface area contributed by atoms with Gasteiger partial charge in [0.2, 0.25) is 5.91 Å². The Morgan fingerprint density at radius 3 is 2.50 bits per heavy atom. The van der Waals surface area contributed by atoms with Gasteiger partial charge in [-0.2, -0.15) is 0 Å². The van der Waals surface area contributed by atoms with E-state index < -0.39 is 0 Å². The molecule has 18 heavy (non-hydrogen) atoms. The summed E-state index contributed by atoms with van der Waals surface area (Å²) in [6.07, 6.45) is 1.83. The Hall–Kier alpha value is -1.35. The molecular formula is C15H22N2O. The Morgan fingerprint density at radius 1 is 1.39 bits per heavy atom. The molecule has 1 aromatic carbocycles. The molecule has 1 amide bonds. The fourth-order valence-electron chi connectivity index (χ4n) is 2.86. The van der Waals surface area contributed by atoms with Crippen LogP contribution in [-0.4, -0.2) is 19.0 Å². The second-order valence-corrected chi connectivity index (χ2v) is 5.03. The SMILES string of the molecule is CCN(C(=O)C1(CC)CC1CN)c1ccccc1. The number of carbonyl (C=O) groups is 1. The molecule has 2 rings (SSSR count). The molecule has 2 unspecified atom stereocenters. The third-order valence-corrected chi connectivity index (χ3v) is 4.20. The summed E-state index contributed by atoms with van der Waals surface area (Å²) in [5, 5.41) is 0. The zero-order valence-corrected chi connectivity index (χ0v) is 11.2. The van der Waals surface area contributed by atoms with Crippen LogP contribution >= 0.6 is 0 Å². The van der Waals surface area contributed by atoms with E-state index >= 15 is 0 Å². The number of anilines is 1. The number of hydrogen-bond donors (Lipinski definition) is 1. The number of rotatable bonds is 5. The number of amides is 1. The summed E-state index contributed by atoms with van der Waals surface area (Å²) in [5.41, 5.74) is 6.53. The number of nitrogens with zero attached hydrogens (tertiary/aromatic N) is 1. The summed E-state index contributed by atoms with van der Waals surface area (Å²) in [6, 6.07) is 9.89. The smallest absolute Gasteiger partial charge is 0.233 e. The zero-order valence-electron chi connectivity index (χ0n) is 11.2. The minimum atomic E-state index is -0.194. The number of hydrogen-bond acceptors (Lipinski definition) is 2. The molecule has 0 saturated heterocycles. The maximum Gasteiger partial charge on any atom is 0.233 e. The van der Waals surface area contributed by atoms with Crippen molar-refractivity contribution in [2.24, 2.45) is 17.1 Å². The summed E-state index contributed by atoms with van der Waals surface area (Å²) in [5.74, 6) is 0.613. The monoisotopic (exact) mass is 246 g/mol. The molecule has 0 bridgehead atoms. The van der Waals surface area contributed by atoms with Crippen molar-refractivity contribution in [2.45, 2.75) is 26.7 Å². The Balaban J connectivity index is 2.22. The van der Waals surface area contributed by atoms with Crippen molar-refractivity contribution in [3.05, 3.63) is 30.3 Å². The van der Waals surface area contributed by atoms with Crippen LogP contribution < -0.4 is 10.6 Å². The van der Waals surface area contributed by atoms with E-state index in [0.717, 1.165) is 18.5 Å². The Morgan fingerprint density at radius 2 is 2.06 bits per heavy atom. The molecule has 1 saturated carbocycles. The number of benzene rings is 1. The van der Waals surface area contributed by atoms with Crippen LogP contribution in [0.15, 0.2) is 30.3 Å². The van der Waals surface area contributed by atoms with Crippen LogP contribution in [0.2, 0.25) is 0 Å². The van der Waals surface area contributed by atoms with Crippen LogP contribution in [0.3, 0.4) is 0 Å². The summed E-state index contributed by atoms with van der Waals surface area (Å²) in [7, 11) is 0. The second-order valence-electron chi connectivity index (χ2n) is 5.03. The summed E-state index contributed by atoms with van der Waals surface area (Å²) < 4.78 is 0. The van der Waals surface area contributed by atoms with Crippen molar-refractivity contribution in [1.82, 2.24) is 0 Å².